The zero-order valence-electron chi connectivity index (χ0n) is 16.1. The van der Waals surface area contributed by atoms with Gasteiger partial charge in [0.1, 0.15) is 17.4 Å². The summed E-state index contributed by atoms with van der Waals surface area (Å²) in [7, 11) is -4.64. The molecule has 0 radical (unpaired) electrons. The maximum atomic E-state index is 14.9. The Morgan fingerprint density at radius 1 is 1.33 bits per heavy atom. The number of rotatable bonds is 5. The van der Waals surface area contributed by atoms with Crippen molar-refractivity contribution in [1.82, 2.24) is 9.55 Å². The van der Waals surface area contributed by atoms with Gasteiger partial charge in [-0.05, 0) is 6.07 Å². The van der Waals surface area contributed by atoms with Crippen molar-refractivity contribution >= 4 is 19.4 Å². The smallest absolute Gasteiger partial charge is 0.404 e. The van der Waals surface area contributed by atoms with Gasteiger partial charge >= 0.3 is 19.4 Å². The zero-order valence-corrected chi connectivity index (χ0v) is 17.8. The second-order valence-electron chi connectivity index (χ2n) is 7.10. The lowest BCUT2D eigenvalue weighted by atomic mass is 9.95. The van der Waals surface area contributed by atoms with Crippen molar-refractivity contribution in [3.8, 4) is 5.75 Å². The fourth-order valence-corrected chi connectivity index (χ4v) is 4.68. The molecule has 0 bridgehead atoms. The van der Waals surface area contributed by atoms with E-state index in [0.29, 0.717) is 11.8 Å². The van der Waals surface area contributed by atoms with Crippen molar-refractivity contribution in [2.75, 3.05) is 6.61 Å². The molecule has 0 spiro atoms. The number of benzene rings is 1. The van der Waals surface area contributed by atoms with Crippen LogP contribution < -0.4 is 15.8 Å². The van der Waals surface area contributed by atoms with Crippen molar-refractivity contribution < 1.29 is 45.5 Å². The number of aromatic nitrogens is 2. The van der Waals surface area contributed by atoms with Gasteiger partial charge in [0.25, 0.3) is 12.0 Å². The molecule has 1 aromatic heterocycles. The monoisotopic (exact) mass is 516 g/mol. The van der Waals surface area contributed by atoms with E-state index < -0.39 is 61.0 Å². The van der Waals surface area contributed by atoms with E-state index in [0.717, 1.165) is 0 Å². The molecule has 33 heavy (non-hydrogen) atoms. The number of phosphoric acid groups is 1. The minimum Gasteiger partial charge on any atom is -0.404 e. The molecule has 4 atom stereocenters. The van der Waals surface area contributed by atoms with Gasteiger partial charge in [0, 0.05) is 11.8 Å². The average Bonchev–Trinajstić information content (AvgIpc) is 2.96. The number of aromatic amines is 1. The van der Waals surface area contributed by atoms with Crippen molar-refractivity contribution in [2.45, 2.75) is 36.9 Å². The second kappa shape index (κ2) is 8.22. The topological polar surface area (TPSA) is 129 Å². The third-order valence-corrected chi connectivity index (χ3v) is 6.67. The van der Waals surface area contributed by atoms with Gasteiger partial charge < -0.3 is 14.4 Å². The van der Waals surface area contributed by atoms with Gasteiger partial charge in [-0.3, -0.25) is 23.4 Å². The highest BCUT2D eigenvalue weighted by Gasteiger charge is 2.74. The summed E-state index contributed by atoms with van der Waals surface area (Å²) in [5, 5.41) is 9.42. The summed E-state index contributed by atoms with van der Waals surface area (Å²) in [5.74, 6) is -4.70. The van der Waals surface area contributed by atoms with Gasteiger partial charge in [-0.25, -0.2) is 18.1 Å². The van der Waals surface area contributed by atoms with E-state index in [1.54, 1.807) is 17.1 Å². The summed E-state index contributed by atoms with van der Waals surface area (Å²) < 4.78 is 90.3. The van der Waals surface area contributed by atoms with E-state index in [1.807, 2.05) is 0 Å². The van der Waals surface area contributed by atoms with E-state index in [9.17, 15) is 36.8 Å². The predicted molar refractivity (Wildman–Crippen MR) is 102 cm³/mol. The molecule has 0 saturated carbocycles. The Hall–Kier alpha value is -2.22. The third kappa shape index (κ3) is 3.90. The van der Waals surface area contributed by atoms with Gasteiger partial charge in [-0.2, -0.15) is 8.78 Å². The number of nitrogens with one attached hydrogen (secondary N) is 1. The Morgan fingerprint density at radius 2 is 2.03 bits per heavy atom. The molecule has 1 saturated heterocycles. The number of hydrogen-bond donors (Lipinski definition) is 2. The van der Waals surface area contributed by atoms with Crippen molar-refractivity contribution in [2.24, 2.45) is 0 Å². The van der Waals surface area contributed by atoms with E-state index in [-0.39, 0.29) is 16.9 Å². The normalized spacial score (nSPS) is 30.8. The van der Waals surface area contributed by atoms with Crippen molar-refractivity contribution in [3.05, 3.63) is 61.9 Å². The molecule has 180 valence electrons. The number of alkyl halides is 4. The fourth-order valence-electron chi connectivity index (χ4n) is 3.28. The number of aliphatic hydroxyl groups is 1. The highest BCUT2D eigenvalue weighted by atomic mass is 35.5. The molecule has 2 N–H and O–H groups in total. The lowest BCUT2D eigenvalue weighted by molar-refractivity contribution is -0.243. The Kier molecular flexibility index (Phi) is 5.96. The third-order valence-electron chi connectivity index (χ3n) is 5.09. The van der Waals surface area contributed by atoms with Crippen molar-refractivity contribution in [1.29, 1.82) is 0 Å². The number of aliphatic hydroxyl groups excluding tert-OH is 1. The van der Waals surface area contributed by atoms with E-state index >= 15 is 0 Å². The Balaban J connectivity index is 1.65. The van der Waals surface area contributed by atoms with Crippen LogP contribution in [0.5, 0.6) is 5.75 Å². The largest absolute Gasteiger partial charge is 0.530 e. The predicted octanol–water partition coefficient (Wildman–Crippen LogP) is 2.45. The van der Waals surface area contributed by atoms with Crippen LogP contribution in [0.3, 0.4) is 0 Å². The zero-order chi connectivity index (χ0) is 24.2. The van der Waals surface area contributed by atoms with Gasteiger partial charge in [0.15, 0.2) is 12.3 Å². The fraction of sp³-hybridized carbons (Fsp3) is 0.412. The maximum absolute atomic E-state index is 14.9. The highest BCUT2D eigenvalue weighted by molar-refractivity contribution is 7.49. The number of halogens is 5. The van der Waals surface area contributed by atoms with Crippen molar-refractivity contribution in [3.63, 3.8) is 0 Å². The van der Waals surface area contributed by atoms with E-state index in [2.05, 4.69) is 0 Å². The quantitative estimate of drug-likeness (QED) is 0.458. The van der Waals surface area contributed by atoms with E-state index in [4.69, 9.17) is 29.9 Å². The van der Waals surface area contributed by atoms with Crippen LogP contribution in [0.2, 0.25) is 5.02 Å². The standard InChI is InChI=1S/C17H14ClF4N2O8P/c18-9-5-24(15(27)23-12(9)26)13-11(25)17(21,22)16(31-13,14(19)20)7-30-33(28)29-6-8-3-1-2-4-10(8)32-33/h1-5,11,13-14,25H,6-7H2,(H,23,26,27). The molecule has 1 fully saturated rings. The molecular formula is C17H14ClF4N2O8P. The molecule has 2 aromatic rings. The van der Waals surface area contributed by atoms with Gasteiger partial charge in [0.05, 0.1) is 6.61 Å². The van der Waals surface area contributed by atoms with E-state index in [1.165, 1.54) is 12.1 Å². The summed E-state index contributed by atoms with van der Waals surface area (Å²) in [6.07, 6.45) is -8.88. The van der Waals surface area contributed by atoms with Gasteiger partial charge in [-0.15, -0.1) is 0 Å². The summed E-state index contributed by atoms with van der Waals surface area (Å²) in [6.45, 7) is -2.07. The number of para-hydroxylation sites is 1. The molecule has 4 rings (SSSR count). The summed E-state index contributed by atoms with van der Waals surface area (Å²) in [6, 6.07) is 6.07. The average molecular weight is 517 g/mol. The van der Waals surface area contributed by atoms with Crippen LogP contribution in [0.25, 0.3) is 0 Å². The van der Waals surface area contributed by atoms with Crippen LogP contribution >= 0.6 is 19.4 Å². The molecule has 4 unspecified atom stereocenters. The van der Waals surface area contributed by atoms with Crippen LogP contribution in [0.1, 0.15) is 11.8 Å². The summed E-state index contributed by atoms with van der Waals surface area (Å²) in [4.78, 5) is 25.1. The first-order valence-electron chi connectivity index (χ1n) is 9.10. The minimum absolute atomic E-state index is 0.0321. The lowest BCUT2D eigenvalue weighted by Gasteiger charge is -2.34. The molecule has 1 aromatic carbocycles. The molecule has 2 aliphatic heterocycles. The molecule has 0 amide bonds. The summed E-state index contributed by atoms with van der Waals surface area (Å²) >= 11 is 5.57. The van der Waals surface area contributed by atoms with Crippen LogP contribution in [0, 0.1) is 0 Å². The number of phosphoric ester groups is 1. The number of hydrogen-bond acceptors (Lipinski definition) is 8. The first kappa shape index (κ1) is 23.9. The van der Waals surface area contributed by atoms with Crippen LogP contribution in [-0.4, -0.2) is 45.3 Å². The molecule has 2 aliphatic rings. The maximum Gasteiger partial charge on any atom is 0.530 e. The number of ether oxygens (including phenoxy) is 1. The Labute approximate surface area is 186 Å². The van der Waals surface area contributed by atoms with Crippen LogP contribution in [0.15, 0.2) is 40.1 Å². The number of fused-ring (bicyclic) bond motifs is 1. The van der Waals surface area contributed by atoms with Gasteiger partial charge in [0.2, 0.25) is 5.60 Å². The minimum atomic E-state index is -4.74. The first-order valence-corrected chi connectivity index (χ1v) is 10.9. The van der Waals surface area contributed by atoms with Gasteiger partial charge in [-0.1, -0.05) is 29.8 Å². The molecule has 3 heterocycles. The Morgan fingerprint density at radius 3 is 2.73 bits per heavy atom. The molecule has 10 nitrogen and oxygen atoms in total. The second-order valence-corrected chi connectivity index (χ2v) is 9.10. The first-order chi connectivity index (χ1) is 15.4. The number of nitrogens with zero attached hydrogens (tertiary/aromatic N) is 1. The molecular weight excluding hydrogens is 503 g/mol. The molecule has 0 aliphatic carbocycles. The van der Waals surface area contributed by atoms with Crippen LogP contribution in [0.4, 0.5) is 17.6 Å². The van der Waals surface area contributed by atoms with Crippen LogP contribution in [-0.2, 0) is 25.0 Å². The Bertz CT molecular complexity index is 1240. The number of H-pyrrole nitrogens is 1. The highest BCUT2D eigenvalue weighted by Crippen LogP contribution is 2.58. The lowest BCUT2D eigenvalue weighted by Crippen LogP contribution is -2.57. The summed E-state index contributed by atoms with van der Waals surface area (Å²) in [5.41, 5.74) is -5.87. The molecule has 16 heteroatoms. The SMILES string of the molecule is O=c1[nH]c(=O)n(C2OC(COP3(=O)OCc4ccccc4O3)(C(F)F)C(F)(F)C2O)cc1Cl.